The van der Waals surface area contributed by atoms with E-state index in [2.05, 4.69) is 5.32 Å². The Bertz CT molecular complexity index is 1230. The van der Waals surface area contributed by atoms with Crippen molar-refractivity contribution in [2.75, 3.05) is 10.2 Å². The second kappa shape index (κ2) is 9.20. The van der Waals surface area contributed by atoms with E-state index in [-0.39, 0.29) is 10.6 Å². The van der Waals surface area contributed by atoms with Gasteiger partial charge in [0.05, 0.1) is 5.69 Å². The average molecular weight is 504 g/mol. The van der Waals surface area contributed by atoms with Gasteiger partial charge in [-0.05, 0) is 79.6 Å². The predicted molar refractivity (Wildman–Crippen MR) is 133 cm³/mol. The van der Waals surface area contributed by atoms with E-state index in [1.807, 2.05) is 32.0 Å². The first-order chi connectivity index (χ1) is 15.2. The Kier molecular flexibility index (Phi) is 6.54. The molecule has 0 saturated carbocycles. The summed E-state index contributed by atoms with van der Waals surface area (Å²) in [5.74, 6) is -0.941. The predicted octanol–water partition coefficient (Wildman–Crippen LogP) is 7.25. The lowest BCUT2D eigenvalue weighted by atomic mass is 10.1. The zero-order valence-electron chi connectivity index (χ0n) is 17.1. The van der Waals surface area contributed by atoms with Gasteiger partial charge in [0.2, 0.25) is 0 Å². The van der Waals surface area contributed by atoms with Crippen LogP contribution in [0.2, 0.25) is 15.1 Å². The summed E-state index contributed by atoms with van der Waals surface area (Å²) in [7, 11) is 0. The van der Waals surface area contributed by atoms with Crippen molar-refractivity contribution in [2.45, 2.75) is 18.7 Å². The number of nitrogens with zero attached hydrogens (tertiary/aromatic N) is 1. The summed E-state index contributed by atoms with van der Waals surface area (Å²) in [6.45, 7) is 3.94. The molecule has 0 atom stereocenters. The molecule has 0 fully saturated rings. The standard InChI is InChI=1S/C24H17Cl3N2O2S/c1-13-7-14(2)9-18(8-13)28-21-22(32-20-5-3-15(25)4-6-20)24(31)29(23(21)30)19-11-16(26)10-17(27)12-19/h3-12,28H,1-2H3. The van der Waals surface area contributed by atoms with Gasteiger partial charge in [0.15, 0.2) is 0 Å². The molecule has 4 nitrogen and oxygen atoms in total. The van der Waals surface area contributed by atoms with Crippen LogP contribution in [0.4, 0.5) is 11.4 Å². The van der Waals surface area contributed by atoms with Crippen molar-refractivity contribution in [1.29, 1.82) is 0 Å². The molecule has 0 aliphatic carbocycles. The van der Waals surface area contributed by atoms with Gasteiger partial charge in [-0.2, -0.15) is 0 Å². The molecule has 8 heteroatoms. The zero-order chi connectivity index (χ0) is 23.0. The number of carbonyl (C=O) groups excluding carboxylic acids is 2. The summed E-state index contributed by atoms with van der Waals surface area (Å²) >= 11 is 19.4. The molecule has 0 spiro atoms. The molecule has 1 aliphatic rings. The summed E-state index contributed by atoms with van der Waals surface area (Å²) in [4.78, 5) is 29.0. The number of hydrogen-bond donors (Lipinski definition) is 1. The summed E-state index contributed by atoms with van der Waals surface area (Å²) in [5.41, 5.74) is 3.30. The van der Waals surface area contributed by atoms with E-state index in [0.717, 1.165) is 26.6 Å². The summed E-state index contributed by atoms with van der Waals surface area (Å²) in [6, 6.07) is 17.5. The molecular formula is C24H17Cl3N2O2S. The number of aryl methyl sites for hydroxylation is 2. The highest BCUT2D eigenvalue weighted by atomic mass is 35.5. The molecule has 162 valence electrons. The maximum atomic E-state index is 13.4. The van der Waals surface area contributed by atoms with Crippen LogP contribution in [0, 0.1) is 13.8 Å². The molecule has 1 heterocycles. The number of thioether (sulfide) groups is 1. The van der Waals surface area contributed by atoms with Gasteiger partial charge < -0.3 is 5.32 Å². The van der Waals surface area contributed by atoms with Gasteiger partial charge in [-0.25, -0.2) is 4.90 Å². The Labute approximate surface area is 205 Å². The number of anilines is 2. The Hall–Kier alpha value is -2.44. The van der Waals surface area contributed by atoms with Gasteiger partial charge in [-0.15, -0.1) is 0 Å². The molecular weight excluding hydrogens is 487 g/mol. The minimum absolute atomic E-state index is 0.191. The van der Waals surface area contributed by atoms with E-state index in [4.69, 9.17) is 34.8 Å². The van der Waals surface area contributed by atoms with Gasteiger partial charge in [-0.3, -0.25) is 9.59 Å². The second-order valence-electron chi connectivity index (χ2n) is 7.33. The molecule has 1 N–H and O–H groups in total. The summed E-state index contributed by atoms with van der Waals surface area (Å²) in [6.07, 6.45) is 0. The van der Waals surface area contributed by atoms with Crippen molar-refractivity contribution >= 4 is 69.8 Å². The fourth-order valence-corrected chi connectivity index (χ4v) is 5.00. The number of carbonyl (C=O) groups is 2. The number of hydrogen-bond acceptors (Lipinski definition) is 4. The van der Waals surface area contributed by atoms with Crippen molar-refractivity contribution in [2.24, 2.45) is 0 Å². The van der Waals surface area contributed by atoms with E-state index in [9.17, 15) is 9.59 Å². The maximum Gasteiger partial charge on any atom is 0.283 e. The fraction of sp³-hybridized carbons (Fsp3) is 0.0833. The van der Waals surface area contributed by atoms with Crippen LogP contribution in [0.3, 0.4) is 0 Å². The number of halogens is 3. The number of nitrogens with one attached hydrogen (secondary N) is 1. The van der Waals surface area contributed by atoms with Crippen LogP contribution in [-0.4, -0.2) is 11.8 Å². The van der Waals surface area contributed by atoms with Gasteiger partial charge >= 0.3 is 0 Å². The molecule has 0 bridgehead atoms. The molecule has 32 heavy (non-hydrogen) atoms. The molecule has 1 aliphatic heterocycles. The third kappa shape index (κ3) is 4.81. The minimum Gasteiger partial charge on any atom is -0.350 e. The molecule has 3 aromatic rings. The molecule has 0 unspecified atom stereocenters. The van der Waals surface area contributed by atoms with Crippen molar-refractivity contribution in [3.63, 3.8) is 0 Å². The number of imide groups is 1. The van der Waals surface area contributed by atoms with Crippen LogP contribution in [-0.2, 0) is 9.59 Å². The molecule has 0 saturated heterocycles. The Morgan fingerprint density at radius 1 is 0.750 bits per heavy atom. The van der Waals surface area contributed by atoms with E-state index in [1.54, 1.807) is 30.3 Å². The van der Waals surface area contributed by atoms with E-state index >= 15 is 0 Å². The summed E-state index contributed by atoms with van der Waals surface area (Å²) in [5, 5.41) is 4.41. The van der Waals surface area contributed by atoms with Gasteiger partial charge in [0, 0.05) is 25.7 Å². The molecule has 0 radical (unpaired) electrons. The first-order valence-corrected chi connectivity index (χ1v) is 11.5. The van der Waals surface area contributed by atoms with Crippen molar-refractivity contribution in [3.05, 3.63) is 97.5 Å². The topological polar surface area (TPSA) is 49.4 Å². The van der Waals surface area contributed by atoms with Crippen LogP contribution in [0.25, 0.3) is 0 Å². The van der Waals surface area contributed by atoms with Crippen LogP contribution < -0.4 is 10.2 Å². The first-order valence-electron chi connectivity index (χ1n) is 9.59. The highest BCUT2D eigenvalue weighted by Gasteiger charge is 2.40. The average Bonchev–Trinajstić information content (AvgIpc) is 2.92. The van der Waals surface area contributed by atoms with Crippen LogP contribution >= 0.6 is 46.6 Å². The third-order valence-electron chi connectivity index (χ3n) is 4.67. The molecule has 2 amide bonds. The highest BCUT2D eigenvalue weighted by molar-refractivity contribution is 8.04. The largest absolute Gasteiger partial charge is 0.350 e. The number of rotatable bonds is 5. The van der Waals surface area contributed by atoms with Gasteiger partial charge in [0.1, 0.15) is 10.6 Å². The quantitative estimate of drug-likeness (QED) is 0.372. The monoisotopic (exact) mass is 502 g/mol. The zero-order valence-corrected chi connectivity index (χ0v) is 20.2. The number of benzene rings is 3. The Morgan fingerprint density at radius 3 is 1.94 bits per heavy atom. The van der Waals surface area contributed by atoms with E-state index < -0.39 is 11.8 Å². The lowest BCUT2D eigenvalue weighted by Crippen LogP contribution is -2.32. The lowest BCUT2D eigenvalue weighted by Gasteiger charge is -2.16. The summed E-state index contributed by atoms with van der Waals surface area (Å²) < 4.78 is 0. The van der Waals surface area contributed by atoms with Crippen molar-refractivity contribution in [1.82, 2.24) is 0 Å². The minimum atomic E-state index is -0.482. The normalized spacial score (nSPS) is 13.8. The van der Waals surface area contributed by atoms with Crippen LogP contribution in [0.5, 0.6) is 0 Å². The highest BCUT2D eigenvalue weighted by Crippen LogP contribution is 2.39. The third-order valence-corrected chi connectivity index (χ3v) is 6.45. The smallest absolute Gasteiger partial charge is 0.283 e. The maximum absolute atomic E-state index is 13.4. The van der Waals surface area contributed by atoms with Crippen LogP contribution in [0.1, 0.15) is 11.1 Å². The molecule has 0 aromatic heterocycles. The van der Waals surface area contributed by atoms with Gasteiger partial charge in [-0.1, -0.05) is 52.6 Å². The van der Waals surface area contributed by atoms with Crippen molar-refractivity contribution in [3.8, 4) is 0 Å². The van der Waals surface area contributed by atoms with E-state index in [0.29, 0.717) is 20.8 Å². The lowest BCUT2D eigenvalue weighted by molar-refractivity contribution is -0.120. The fourth-order valence-electron chi connectivity index (χ4n) is 3.43. The molecule has 4 rings (SSSR count). The Balaban J connectivity index is 1.78. The van der Waals surface area contributed by atoms with Crippen LogP contribution in [0.15, 0.2) is 76.2 Å². The number of amides is 2. The van der Waals surface area contributed by atoms with E-state index in [1.165, 1.54) is 23.9 Å². The SMILES string of the molecule is Cc1cc(C)cc(NC2=C(Sc3ccc(Cl)cc3)C(=O)N(c3cc(Cl)cc(Cl)c3)C2=O)c1. The first kappa shape index (κ1) is 22.7. The Morgan fingerprint density at radius 2 is 1.34 bits per heavy atom. The molecule has 3 aromatic carbocycles. The van der Waals surface area contributed by atoms with Crippen molar-refractivity contribution < 1.29 is 9.59 Å². The van der Waals surface area contributed by atoms with Gasteiger partial charge in [0.25, 0.3) is 11.8 Å². The second-order valence-corrected chi connectivity index (χ2v) is 9.73.